The van der Waals surface area contributed by atoms with Crippen LogP contribution in [0.3, 0.4) is 0 Å². The molecule has 1 N–H and O–H groups in total. The minimum absolute atomic E-state index is 0.183. The van der Waals surface area contributed by atoms with Crippen LogP contribution in [0.5, 0.6) is 0 Å². The Bertz CT molecular complexity index is 743. The Kier molecular flexibility index (Phi) is 2.72. The van der Waals surface area contributed by atoms with Gasteiger partial charge in [0.25, 0.3) is 5.91 Å². The second-order valence-electron chi connectivity index (χ2n) is 4.20. The molecule has 0 bridgehead atoms. The molecule has 5 nitrogen and oxygen atoms in total. The third-order valence-electron chi connectivity index (χ3n) is 2.85. The molecule has 0 aliphatic heterocycles. The van der Waals surface area contributed by atoms with E-state index in [0.717, 1.165) is 10.9 Å². The fourth-order valence-corrected chi connectivity index (χ4v) is 1.96. The van der Waals surface area contributed by atoms with Crippen LogP contribution in [-0.2, 0) is 7.05 Å². The topological polar surface area (TPSA) is 59.8 Å². The molecule has 0 fully saturated rings. The highest BCUT2D eigenvalue weighted by molar-refractivity contribution is 6.11. The first-order chi connectivity index (χ1) is 9.24. The first-order valence-electron chi connectivity index (χ1n) is 5.89. The fourth-order valence-electron chi connectivity index (χ4n) is 1.96. The van der Waals surface area contributed by atoms with Gasteiger partial charge in [-0.2, -0.15) is 5.10 Å². The first-order valence-corrected chi connectivity index (χ1v) is 5.89. The average Bonchev–Trinajstić information content (AvgIpc) is 2.83. The van der Waals surface area contributed by atoms with E-state index in [1.54, 1.807) is 36.3 Å². The summed E-state index contributed by atoms with van der Waals surface area (Å²) in [6, 6.07) is 11.0. The van der Waals surface area contributed by atoms with Crippen molar-refractivity contribution in [2.75, 3.05) is 5.32 Å². The smallest absolute Gasteiger partial charge is 0.257 e. The SMILES string of the molecule is Cn1ccc(NC(=O)c2ccnc3ccccc23)n1. The van der Waals surface area contributed by atoms with Gasteiger partial charge in [0, 0.05) is 30.9 Å². The van der Waals surface area contributed by atoms with Gasteiger partial charge in [-0.15, -0.1) is 0 Å². The maximum Gasteiger partial charge on any atom is 0.257 e. The van der Waals surface area contributed by atoms with Crippen molar-refractivity contribution >= 4 is 22.6 Å². The Hall–Kier alpha value is -2.69. The predicted molar refractivity (Wildman–Crippen MR) is 72.9 cm³/mol. The van der Waals surface area contributed by atoms with Crippen molar-refractivity contribution in [1.29, 1.82) is 0 Å². The number of carbonyl (C=O) groups excluding carboxylic acids is 1. The molecule has 3 rings (SSSR count). The van der Waals surface area contributed by atoms with Gasteiger partial charge < -0.3 is 5.32 Å². The van der Waals surface area contributed by atoms with Gasteiger partial charge in [0.1, 0.15) is 0 Å². The quantitative estimate of drug-likeness (QED) is 0.760. The second kappa shape index (κ2) is 4.53. The van der Waals surface area contributed by atoms with E-state index in [2.05, 4.69) is 15.4 Å². The third-order valence-corrected chi connectivity index (χ3v) is 2.85. The van der Waals surface area contributed by atoms with Gasteiger partial charge in [-0.1, -0.05) is 18.2 Å². The van der Waals surface area contributed by atoms with Crippen molar-refractivity contribution < 1.29 is 4.79 Å². The Morgan fingerprint density at radius 2 is 2.05 bits per heavy atom. The van der Waals surface area contributed by atoms with E-state index in [4.69, 9.17) is 0 Å². The molecule has 94 valence electrons. The number of rotatable bonds is 2. The number of anilines is 1. The number of para-hydroxylation sites is 1. The molecule has 0 aliphatic rings. The number of nitrogens with zero attached hydrogens (tertiary/aromatic N) is 3. The number of amides is 1. The number of hydrogen-bond acceptors (Lipinski definition) is 3. The summed E-state index contributed by atoms with van der Waals surface area (Å²) in [7, 11) is 1.80. The molecule has 2 heterocycles. The highest BCUT2D eigenvalue weighted by Crippen LogP contribution is 2.17. The third kappa shape index (κ3) is 2.18. The normalized spacial score (nSPS) is 10.6. The lowest BCUT2D eigenvalue weighted by Gasteiger charge is -2.05. The zero-order valence-corrected chi connectivity index (χ0v) is 10.4. The number of carbonyl (C=O) groups is 1. The highest BCUT2D eigenvalue weighted by Gasteiger charge is 2.11. The largest absolute Gasteiger partial charge is 0.305 e. The number of fused-ring (bicyclic) bond motifs is 1. The van der Waals surface area contributed by atoms with E-state index in [9.17, 15) is 4.79 Å². The van der Waals surface area contributed by atoms with Crippen molar-refractivity contribution in [3.63, 3.8) is 0 Å². The highest BCUT2D eigenvalue weighted by atomic mass is 16.1. The molecule has 0 saturated heterocycles. The van der Waals surface area contributed by atoms with Crippen LogP contribution in [0.2, 0.25) is 0 Å². The molecule has 0 saturated carbocycles. The predicted octanol–water partition coefficient (Wildman–Crippen LogP) is 2.22. The Labute approximate surface area is 109 Å². The van der Waals surface area contributed by atoms with Crippen LogP contribution >= 0.6 is 0 Å². The summed E-state index contributed by atoms with van der Waals surface area (Å²) < 4.78 is 1.64. The number of aryl methyl sites for hydroxylation is 1. The zero-order valence-electron chi connectivity index (χ0n) is 10.4. The van der Waals surface area contributed by atoms with Crippen LogP contribution in [0, 0.1) is 0 Å². The summed E-state index contributed by atoms with van der Waals surface area (Å²) >= 11 is 0. The first kappa shape index (κ1) is 11.4. The fraction of sp³-hybridized carbons (Fsp3) is 0.0714. The van der Waals surface area contributed by atoms with Crippen molar-refractivity contribution in [2.45, 2.75) is 0 Å². The Morgan fingerprint density at radius 1 is 1.21 bits per heavy atom. The Balaban J connectivity index is 1.97. The van der Waals surface area contributed by atoms with E-state index in [0.29, 0.717) is 11.4 Å². The van der Waals surface area contributed by atoms with Gasteiger partial charge in [-0.05, 0) is 12.1 Å². The summed E-state index contributed by atoms with van der Waals surface area (Å²) in [5.41, 5.74) is 1.40. The van der Waals surface area contributed by atoms with Crippen LogP contribution < -0.4 is 5.32 Å². The molecule has 0 aliphatic carbocycles. The van der Waals surface area contributed by atoms with Crippen LogP contribution in [0.4, 0.5) is 5.82 Å². The van der Waals surface area contributed by atoms with Crippen molar-refractivity contribution in [1.82, 2.24) is 14.8 Å². The molecule has 0 atom stereocenters. The average molecular weight is 252 g/mol. The lowest BCUT2D eigenvalue weighted by Crippen LogP contribution is -2.13. The van der Waals surface area contributed by atoms with Crippen LogP contribution in [-0.4, -0.2) is 20.7 Å². The maximum absolute atomic E-state index is 12.2. The number of nitrogens with one attached hydrogen (secondary N) is 1. The van der Waals surface area contributed by atoms with Gasteiger partial charge in [0.15, 0.2) is 5.82 Å². The van der Waals surface area contributed by atoms with E-state index >= 15 is 0 Å². The lowest BCUT2D eigenvalue weighted by atomic mass is 10.1. The number of aromatic nitrogens is 3. The number of benzene rings is 1. The molecular formula is C14H12N4O. The molecule has 3 aromatic rings. The molecule has 1 amide bonds. The molecule has 0 radical (unpaired) electrons. The second-order valence-corrected chi connectivity index (χ2v) is 4.20. The molecule has 19 heavy (non-hydrogen) atoms. The minimum atomic E-state index is -0.183. The van der Waals surface area contributed by atoms with Gasteiger partial charge >= 0.3 is 0 Å². The molecule has 2 aromatic heterocycles. The summed E-state index contributed by atoms with van der Waals surface area (Å²) in [4.78, 5) is 16.5. The maximum atomic E-state index is 12.2. The zero-order chi connectivity index (χ0) is 13.2. The summed E-state index contributed by atoms with van der Waals surface area (Å²) in [6.07, 6.45) is 3.41. The van der Waals surface area contributed by atoms with E-state index in [-0.39, 0.29) is 5.91 Å². The van der Waals surface area contributed by atoms with E-state index in [1.165, 1.54) is 0 Å². The van der Waals surface area contributed by atoms with E-state index < -0.39 is 0 Å². The summed E-state index contributed by atoms with van der Waals surface area (Å²) in [6.45, 7) is 0. The van der Waals surface area contributed by atoms with Gasteiger partial charge in [-0.3, -0.25) is 14.5 Å². The molecule has 5 heteroatoms. The minimum Gasteiger partial charge on any atom is -0.305 e. The summed E-state index contributed by atoms with van der Waals surface area (Å²) in [5.74, 6) is 0.352. The monoisotopic (exact) mass is 252 g/mol. The molecular weight excluding hydrogens is 240 g/mol. The van der Waals surface area contributed by atoms with Crippen molar-refractivity contribution in [2.24, 2.45) is 7.05 Å². The van der Waals surface area contributed by atoms with E-state index in [1.807, 2.05) is 24.3 Å². The Morgan fingerprint density at radius 3 is 2.84 bits per heavy atom. The van der Waals surface area contributed by atoms with Gasteiger partial charge in [0.2, 0.25) is 0 Å². The van der Waals surface area contributed by atoms with Crippen molar-refractivity contribution in [3.05, 3.63) is 54.4 Å². The molecule has 0 unspecified atom stereocenters. The lowest BCUT2D eigenvalue weighted by molar-refractivity contribution is 0.102. The van der Waals surface area contributed by atoms with Crippen LogP contribution in [0.15, 0.2) is 48.8 Å². The standard InChI is InChI=1S/C14H12N4O/c1-18-9-7-13(17-18)16-14(19)11-6-8-15-12-5-3-2-4-10(11)12/h2-9H,1H3,(H,16,17,19). The van der Waals surface area contributed by atoms with Crippen LogP contribution in [0.25, 0.3) is 10.9 Å². The van der Waals surface area contributed by atoms with Gasteiger partial charge in [-0.25, -0.2) is 0 Å². The van der Waals surface area contributed by atoms with Gasteiger partial charge in [0.05, 0.1) is 11.1 Å². The summed E-state index contributed by atoms with van der Waals surface area (Å²) in [5, 5.41) is 7.73. The van der Waals surface area contributed by atoms with Crippen molar-refractivity contribution in [3.8, 4) is 0 Å². The number of hydrogen-bond donors (Lipinski definition) is 1. The number of pyridine rings is 1. The molecule has 1 aromatic carbocycles. The van der Waals surface area contributed by atoms with Crippen LogP contribution in [0.1, 0.15) is 10.4 Å². The molecule has 0 spiro atoms.